The number of para-hydroxylation sites is 1. The summed E-state index contributed by atoms with van der Waals surface area (Å²) in [5.74, 6) is 0.876. The van der Waals surface area contributed by atoms with Crippen molar-refractivity contribution in [1.29, 1.82) is 0 Å². The highest BCUT2D eigenvalue weighted by Gasteiger charge is 2.19. The number of fused-ring (bicyclic) bond motifs is 2. The predicted molar refractivity (Wildman–Crippen MR) is 286 cm³/mol. The second kappa shape index (κ2) is 17.8. The van der Waals surface area contributed by atoms with Gasteiger partial charge in [-0.1, -0.05) is 212 Å². The van der Waals surface area contributed by atoms with Crippen LogP contribution in [0.3, 0.4) is 0 Å². The molecule has 2 nitrogen and oxygen atoms in total. The first-order valence-electron chi connectivity index (χ1n) is 23.2. The summed E-state index contributed by atoms with van der Waals surface area (Å²) >= 11 is 0. The molecular formula is C66H45NO. The highest BCUT2D eigenvalue weighted by Crippen LogP contribution is 2.43. The molecule has 0 saturated heterocycles. The van der Waals surface area contributed by atoms with E-state index in [1.54, 1.807) is 0 Å². The average Bonchev–Trinajstić information content (AvgIpc) is 3.82. The lowest BCUT2D eigenvalue weighted by atomic mass is 9.96. The van der Waals surface area contributed by atoms with Crippen molar-refractivity contribution < 1.29 is 4.42 Å². The molecule has 68 heavy (non-hydrogen) atoms. The average molecular weight is 868 g/mol. The van der Waals surface area contributed by atoms with Gasteiger partial charge in [0.05, 0.1) is 0 Å². The Morgan fingerprint density at radius 3 is 1.18 bits per heavy atom. The highest BCUT2D eigenvalue weighted by molar-refractivity contribution is 6.02. The van der Waals surface area contributed by atoms with E-state index in [-0.39, 0.29) is 0 Å². The number of anilines is 3. The minimum absolute atomic E-state index is 0.876. The Morgan fingerprint density at radius 2 is 0.603 bits per heavy atom. The predicted octanol–water partition coefficient (Wildman–Crippen LogP) is 18.7. The van der Waals surface area contributed by atoms with E-state index in [0.29, 0.717) is 0 Å². The van der Waals surface area contributed by atoms with Gasteiger partial charge in [-0.2, -0.15) is 0 Å². The molecule has 12 aromatic rings. The lowest BCUT2D eigenvalue weighted by Gasteiger charge is -2.26. The summed E-state index contributed by atoms with van der Waals surface area (Å²) in [6.07, 6.45) is 0. The molecule has 320 valence electrons. The van der Waals surface area contributed by atoms with Crippen LogP contribution in [0.15, 0.2) is 277 Å². The maximum absolute atomic E-state index is 6.61. The zero-order valence-corrected chi connectivity index (χ0v) is 37.3. The van der Waals surface area contributed by atoms with Crippen LogP contribution in [0.2, 0.25) is 0 Å². The van der Waals surface area contributed by atoms with Crippen LogP contribution in [-0.4, -0.2) is 0 Å². The van der Waals surface area contributed by atoms with Gasteiger partial charge in [0.25, 0.3) is 0 Å². The smallest absolute Gasteiger partial charge is 0.143 e. The van der Waals surface area contributed by atoms with E-state index < -0.39 is 0 Å². The van der Waals surface area contributed by atoms with Crippen molar-refractivity contribution in [3.8, 4) is 78.1 Å². The molecule has 11 aromatic carbocycles. The van der Waals surface area contributed by atoms with Crippen molar-refractivity contribution in [3.05, 3.63) is 273 Å². The van der Waals surface area contributed by atoms with Crippen LogP contribution in [0, 0.1) is 0 Å². The molecule has 0 aliphatic rings. The van der Waals surface area contributed by atoms with Crippen LogP contribution in [0.25, 0.3) is 99.8 Å². The van der Waals surface area contributed by atoms with Crippen LogP contribution in [0.4, 0.5) is 17.1 Å². The van der Waals surface area contributed by atoms with Gasteiger partial charge in [0.1, 0.15) is 11.3 Å². The summed E-state index contributed by atoms with van der Waals surface area (Å²) in [6, 6.07) is 97.9. The maximum Gasteiger partial charge on any atom is 0.143 e. The monoisotopic (exact) mass is 867 g/mol. The number of hydrogen-bond donors (Lipinski definition) is 0. The van der Waals surface area contributed by atoms with E-state index in [9.17, 15) is 0 Å². The lowest BCUT2D eigenvalue weighted by molar-refractivity contribution is 0.632. The van der Waals surface area contributed by atoms with Gasteiger partial charge in [0, 0.05) is 33.6 Å². The minimum atomic E-state index is 0.876. The molecule has 1 aromatic heterocycles. The summed E-state index contributed by atoms with van der Waals surface area (Å²) in [6.45, 7) is 0. The molecule has 0 bridgehead atoms. The fraction of sp³-hybridized carbons (Fsp3) is 0. The topological polar surface area (TPSA) is 16.4 Å². The van der Waals surface area contributed by atoms with Gasteiger partial charge in [-0.05, 0) is 133 Å². The number of rotatable bonds is 10. The summed E-state index contributed by atoms with van der Waals surface area (Å²) in [7, 11) is 0. The Bertz CT molecular complexity index is 3680. The number of nitrogens with zero attached hydrogens (tertiary/aromatic N) is 1. The Hall–Kier alpha value is -8.98. The summed E-state index contributed by atoms with van der Waals surface area (Å²) < 4.78 is 6.61. The van der Waals surface area contributed by atoms with Gasteiger partial charge in [-0.25, -0.2) is 0 Å². The van der Waals surface area contributed by atoms with Crippen LogP contribution >= 0.6 is 0 Å². The van der Waals surface area contributed by atoms with Gasteiger partial charge in [-0.15, -0.1) is 0 Å². The van der Waals surface area contributed by atoms with Crippen molar-refractivity contribution >= 4 is 38.8 Å². The maximum atomic E-state index is 6.61. The second-order valence-electron chi connectivity index (χ2n) is 17.3. The van der Waals surface area contributed by atoms with Gasteiger partial charge >= 0.3 is 0 Å². The Labute approximate surface area is 397 Å². The highest BCUT2D eigenvalue weighted by atomic mass is 16.3. The van der Waals surface area contributed by atoms with E-state index in [1.165, 1.54) is 55.3 Å². The third-order valence-electron chi connectivity index (χ3n) is 13.1. The molecule has 0 N–H and O–H groups in total. The molecule has 0 fully saturated rings. The van der Waals surface area contributed by atoms with Gasteiger partial charge < -0.3 is 9.32 Å². The number of benzene rings is 11. The summed E-state index contributed by atoms with van der Waals surface area (Å²) in [5, 5.41) is 3.61. The Morgan fingerprint density at radius 1 is 0.235 bits per heavy atom. The van der Waals surface area contributed by atoms with Crippen LogP contribution in [0.1, 0.15) is 0 Å². The zero-order chi connectivity index (χ0) is 45.2. The van der Waals surface area contributed by atoms with E-state index in [0.717, 1.165) is 61.6 Å². The Balaban J connectivity index is 0.881. The molecule has 0 aliphatic carbocycles. The van der Waals surface area contributed by atoms with Crippen molar-refractivity contribution in [2.45, 2.75) is 0 Å². The first-order valence-corrected chi connectivity index (χ1v) is 23.2. The molecule has 0 spiro atoms. The van der Waals surface area contributed by atoms with E-state index >= 15 is 0 Å². The molecule has 0 amide bonds. The fourth-order valence-electron chi connectivity index (χ4n) is 9.57. The SMILES string of the molecule is c1ccc(-c2ccc(-c3ccc(N(c4ccc(-c5cccc(-c6ccc7ccccc7c6)c5)cc4)c4ccc(-c5cccc(-c6oc7ccccc7c6-c6ccccc6)c5)cc4)cc3)cc2)cc1. The third kappa shape index (κ3) is 7.95. The largest absolute Gasteiger partial charge is 0.455 e. The molecule has 0 radical (unpaired) electrons. The van der Waals surface area contributed by atoms with Gasteiger partial charge in [0.15, 0.2) is 0 Å². The first-order chi connectivity index (χ1) is 33.7. The lowest BCUT2D eigenvalue weighted by Crippen LogP contribution is -2.09. The van der Waals surface area contributed by atoms with E-state index in [2.05, 4.69) is 272 Å². The normalized spacial score (nSPS) is 11.2. The first kappa shape index (κ1) is 40.5. The second-order valence-corrected chi connectivity index (χ2v) is 17.3. The van der Waals surface area contributed by atoms with Crippen LogP contribution in [-0.2, 0) is 0 Å². The molecule has 0 aliphatic heterocycles. The number of furan rings is 1. The number of hydrogen-bond acceptors (Lipinski definition) is 2. The molecule has 1 heterocycles. The molecule has 12 rings (SSSR count). The molecule has 0 atom stereocenters. The minimum Gasteiger partial charge on any atom is -0.455 e. The third-order valence-corrected chi connectivity index (χ3v) is 13.1. The van der Waals surface area contributed by atoms with E-state index in [4.69, 9.17) is 4.42 Å². The van der Waals surface area contributed by atoms with Crippen LogP contribution < -0.4 is 4.90 Å². The molecular weight excluding hydrogens is 823 g/mol. The van der Waals surface area contributed by atoms with Crippen molar-refractivity contribution in [2.75, 3.05) is 4.90 Å². The van der Waals surface area contributed by atoms with Crippen molar-refractivity contribution in [1.82, 2.24) is 0 Å². The van der Waals surface area contributed by atoms with Crippen molar-refractivity contribution in [2.24, 2.45) is 0 Å². The standard InChI is InChI=1S/C66H45NO/c1-3-13-46(14-4-1)48-25-27-49(28-26-48)50-31-37-60(38-32-50)67(61-39-33-51(34-40-61)55-19-11-21-57(43-55)58-30-29-47-15-7-8-18-54(47)44-58)62-41-35-52(36-42-62)56-20-12-22-59(45-56)66-65(53-16-5-2-6-17-53)63-23-9-10-24-64(63)68-66/h1-45H. The van der Waals surface area contributed by atoms with Gasteiger partial charge in [0.2, 0.25) is 0 Å². The fourth-order valence-corrected chi connectivity index (χ4v) is 9.57. The molecule has 0 unspecified atom stereocenters. The van der Waals surface area contributed by atoms with Crippen molar-refractivity contribution in [3.63, 3.8) is 0 Å². The van der Waals surface area contributed by atoms with Crippen LogP contribution in [0.5, 0.6) is 0 Å². The summed E-state index contributed by atoms with van der Waals surface area (Å²) in [5.41, 5.74) is 19.2. The summed E-state index contributed by atoms with van der Waals surface area (Å²) in [4.78, 5) is 2.35. The van der Waals surface area contributed by atoms with Gasteiger partial charge in [-0.3, -0.25) is 0 Å². The van der Waals surface area contributed by atoms with E-state index in [1.807, 2.05) is 6.07 Å². The zero-order valence-electron chi connectivity index (χ0n) is 37.3. The Kier molecular flexibility index (Phi) is 10.6. The quantitative estimate of drug-likeness (QED) is 0.136. The molecule has 0 saturated carbocycles. The molecule has 2 heteroatoms.